The molecule has 2 rings (SSSR count). The monoisotopic (exact) mass is 236 g/mol. The molecule has 0 unspecified atom stereocenters. The van der Waals surface area contributed by atoms with Crippen molar-refractivity contribution in [1.82, 2.24) is 10.1 Å². The Balaban J connectivity index is 2.31. The van der Waals surface area contributed by atoms with E-state index < -0.39 is 0 Å². The van der Waals surface area contributed by atoms with Gasteiger partial charge in [-0.15, -0.1) is 0 Å². The zero-order chi connectivity index (χ0) is 11.5. The number of aryl methyl sites for hydroxylation is 1. The van der Waals surface area contributed by atoms with Crippen molar-refractivity contribution in [2.75, 3.05) is 6.26 Å². The van der Waals surface area contributed by atoms with Gasteiger partial charge in [-0.25, -0.2) is 0 Å². The third-order valence-corrected chi connectivity index (χ3v) is 2.74. The van der Waals surface area contributed by atoms with Gasteiger partial charge in [-0.3, -0.25) is 0 Å². The highest BCUT2D eigenvalue weighted by Gasteiger charge is 2.09. The third kappa shape index (κ3) is 2.19. The normalized spacial score (nSPS) is 10.6. The summed E-state index contributed by atoms with van der Waals surface area (Å²) in [6.07, 6.45) is 1.98. The Labute approximate surface area is 97.7 Å². The van der Waals surface area contributed by atoms with E-state index in [1.165, 1.54) is 0 Å². The summed E-state index contributed by atoms with van der Waals surface area (Å²) < 4.78 is 5.11. The number of rotatable bonds is 3. The molecule has 1 aromatic carbocycles. The van der Waals surface area contributed by atoms with Gasteiger partial charge in [0.15, 0.2) is 5.82 Å². The van der Waals surface area contributed by atoms with Gasteiger partial charge >= 0.3 is 0 Å². The molecule has 0 saturated carbocycles. The molecule has 16 heavy (non-hydrogen) atoms. The fourth-order valence-electron chi connectivity index (χ4n) is 1.30. The van der Waals surface area contributed by atoms with Gasteiger partial charge in [0, 0.05) is 5.56 Å². The molecule has 0 atom stereocenters. The minimum absolute atomic E-state index is 0.238. The molecule has 2 aromatic rings. The second-order valence-electron chi connectivity index (χ2n) is 3.45. The number of aromatic nitrogens is 2. The molecule has 0 saturated heterocycles. The minimum atomic E-state index is 0.238. The smallest absolute Gasteiger partial charge is 0.258 e. The van der Waals surface area contributed by atoms with E-state index in [9.17, 15) is 5.11 Å². The van der Waals surface area contributed by atoms with Crippen LogP contribution in [0.25, 0.3) is 11.5 Å². The van der Waals surface area contributed by atoms with Gasteiger partial charge < -0.3 is 9.63 Å². The van der Waals surface area contributed by atoms with E-state index in [-0.39, 0.29) is 5.75 Å². The molecule has 0 aliphatic carbocycles. The molecule has 0 aliphatic heterocycles. The summed E-state index contributed by atoms with van der Waals surface area (Å²) in [5, 5.41) is 13.4. The van der Waals surface area contributed by atoms with Gasteiger partial charge in [-0.2, -0.15) is 16.7 Å². The number of aromatic hydroxyl groups is 1. The maximum atomic E-state index is 9.58. The van der Waals surface area contributed by atoms with Gasteiger partial charge in [0.25, 0.3) is 5.89 Å². The van der Waals surface area contributed by atoms with Crippen molar-refractivity contribution in [2.45, 2.75) is 12.7 Å². The van der Waals surface area contributed by atoms with E-state index in [0.29, 0.717) is 11.7 Å². The molecule has 0 radical (unpaired) electrons. The second-order valence-corrected chi connectivity index (χ2v) is 4.32. The van der Waals surface area contributed by atoms with Crippen LogP contribution in [0.4, 0.5) is 0 Å². The van der Waals surface area contributed by atoms with Crippen molar-refractivity contribution < 1.29 is 9.63 Å². The van der Waals surface area contributed by atoms with Crippen molar-refractivity contribution in [3.63, 3.8) is 0 Å². The van der Waals surface area contributed by atoms with Crippen LogP contribution in [0.5, 0.6) is 5.75 Å². The van der Waals surface area contributed by atoms with E-state index in [4.69, 9.17) is 4.52 Å². The quantitative estimate of drug-likeness (QED) is 0.887. The Bertz CT molecular complexity index is 496. The summed E-state index contributed by atoms with van der Waals surface area (Å²) in [4.78, 5) is 4.23. The van der Waals surface area contributed by atoms with Crippen LogP contribution in [0, 0.1) is 6.92 Å². The Hall–Kier alpha value is -1.49. The lowest BCUT2D eigenvalue weighted by Crippen LogP contribution is -1.83. The Morgan fingerprint density at radius 3 is 2.94 bits per heavy atom. The van der Waals surface area contributed by atoms with E-state index in [1.807, 2.05) is 25.3 Å². The highest BCUT2D eigenvalue weighted by molar-refractivity contribution is 7.97. The van der Waals surface area contributed by atoms with Crippen molar-refractivity contribution in [1.29, 1.82) is 0 Å². The third-order valence-electron chi connectivity index (χ3n) is 2.20. The maximum Gasteiger partial charge on any atom is 0.258 e. The molecular formula is C11H12N2O2S. The maximum absolute atomic E-state index is 9.58. The SMILES string of the molecule is CSCc1noc(-c2ccc(C)c(O)c2)n1. The van der Waals surface area contributed by atoms with Gasteiger partial charge in [-0.1, -0.05) is 11.2 Å². The molecule has 1 aromatic heterocycles. The predicted molar refractivity (Wildman–Crippen MR) is 63.4 cm³/mol. The van der Waals surface area contributed by atoms with Crippen LogP contribution in [-0.4, -0.2) is 21.5 Å². The van der Waals surface area contributed by atoms with E-state index in [0.717, 1.165) is 16.9 Å². The van der Waals surface area contributed by atoms with Gasteiger partial charge in [0.1, 0.15) is 5.75 Å². The number of nitrogens with zero attached hydrogens (tertiary/aromatic N) is 2. The summed E-state index contributed by atoms with van der Waals surface area (Å²) in [5.41, 5.74) is 1.57. The average Bonchev–Trinajstić information content (AvgIpc) is 2.71. The fraction of sp³-hybridized carbons (Fsp3) is 0.273. The van der Waals surface area contributed by atoms with Crippen LogP contribution in [-0.2, 0) is 5.75 Å². The summed E-state index contributed by atoms with van der Waals surface area (Å²) >= 11 is 1.63. The molecule has 0 spiro atoms. The number of phenolic OH excluding ortho intramolecular Hbond substituents is 1. The number of benzene rings is 1. The molecular weight excluding hydrogens is 224 g/mol. The van der Waals surface area contributed by atoms with Crippen LogP contribution >= 0.6 is 11.8 Å². The second kappa shape index (κ2) is 4.57. The van der Waals surface area contributed by atoms with Crippen molar-refractivity contribution in [2.24, 2.45) is 0 Å². The summed E-state index contributed by atoms with van der Waals surface area (Å²) in [6.45, 7) is 1.84. The van der Waals surface area contributed by atoms with Gasteiger partial charge in [0.2, 0.25) is 0 Å². The number of thioether (sulfide) groups is 1. The van der Waals surface area contributed by atoms with E-state index in [1.54, 1.807) is 17.8 Å². The fourth-order valence-corrected chi connectivity index (χ4v) is 1.68. The lowest BCUT2D eigenvalue weighted by Gasteiger charge is -1.99. The Morgan fingerprint density at radius 1 is 1.44 bits per heavy atom. The van der Waals surface area contributed by atoms with Crippen molar-refractivity contribution >= 4 is 11.8 Å². The molecule has 1 N–H and O–H groups in total. The Kier molecular flexibility index (Phi) is 3.14. The predicted octanol–water partition coefficient (Wildman–Crippen LogP) is 2.61. The standard InChI is InChI=1S/C11H12N2O2S/c1-7-3-4-8(5-9(7)14)11-12-10(6-16-2)13-15-11/h3-5,14H,6H2,1-2H3. The molecule has 0 bridgehead atoms. The first-order chi connectivity index (χ1) is 7.70. The molecule has 0 aliphatic rings. The first kappa shape index (κ1) is 11.0. The highest BCUT2D eigenvalue weighted by atomic mass is 32.2. The summed E-state index contributed by atoms with van der Waals surface area (Å²) in [7, 11) is 0. The van der Waals surface area contributed by atoms with Crippen LogP contribution in [0.15, 0.2) is 22.7 Å². The average molecular weight is 236 g/mol. The van der Waals surface area contributed by atoms with Crippen LogP contribution in [0.3, 0.4) is 0 Å². The number of phenols is 1. The molecule has 4 nitrogen and oxygen atoms in total. The summed E-state index contributed by atoms with van der Waals surface area (Å²) in [6, 6.07) is 5.31. The Morgan fingerprint density at radius 2 is 2.25 bits per heavy atom. The van der Waals surface area contributed by atoms with Crippen LogP contribution < -0.4 is 0 Å². The molecule has 0 amide bonds. The van der Waals surface area contributed by atoms with Crippen molar-refractivity contribution in [3.8, 4) is 17.2 Å². The van der Waals surface area contributed by atoms with E-state index >= 15 is 0 Å². The molecule has 0 fully saturated rings. The first-order valence-electron chi connectivity index (χ1n) is 4.82. The van der Waals surface area contributed by atoms with Gasteiger partial charge in [0.05, 0.1) is 5.75 Å². The van der Waals surface area contributed by atoms with Gasteiger partial charge in [-0.05, 0) is 30.9 Å². The lowest BCUT2D eigenvalue weighted by molar-refractivity contribution is 0.424. The molecule has 84 valence electrons. The topological polar surface area (TPSA) is 59.2 Å². The number of hydrogen-bond acceptors (Lipinski definition) is 5. The summed E-state index contributed by atoms with van der Waals surface area (Å²) in [5.74, 6) is 2.07. The number of hydrogen-bond donors (Lipinski definition) is 1. The molecule has 1 heterocycles. The van der Waals surface area contributed by atoms with E-state index in [2.05, 4.69) is 10.1 Å². The zero-order valence-electron chi connectivity index (χ0n) is 9.10. The first-order valence-corrected chi connectivity index (χ1v) is 6.21. The lowest BCUT2D eigenvalue weighted by atomic mass is 10.1. The van der Waals surface area contributed by atoms with Crippen LogP contribution in [0.1, 0.15) is 11.4 Å². The minimum Gasteiger partial charge on any atom is -0.508 e. The highest BCUT2D eigenvalue weighted by Crippen LogP contribution is 2.25. The van der Waals surface area contributed by atoms with Crippen LogP contribution in [0.2, 0.25) is 0 Å². The largest absolute Gasteiger partial charge is 0.508 e. The zero-order valence-corrected chi connectivity index (χ0v) is 9.91. The molecule has 5 heteroatoms. The van der Waals surface area contributed by atoms with Crippen molar-refractivity contribution in [3.05, 3.63) is 29.6 Å².